The van der Waals surface area contributed by atoms with Crippen LogP contribution < -0.4 is 10.9 Å². The summed E-state index contributed by atoms with van der Waals surface area (Å²) >= 11 is 1.62. The monoisotopic (exact) mass is 395 g/mol. The number of aliphatic hydroxyl groups is 1. The summed E-state index contributed by atoms with van der Waals surface area (Å²) < 4.78 is 0. The highest BCUT2D eigenvalue weighted by Gasteiger charge is 2.50. The highest BCUT2D eigenvalue weighted by Crippen LogP contribution is 2.46. The first-order valence-corrected chi connectivity index (χ1v) is 10.8. The van der Waals surface area contributed by atoms with E-state index in [0.29, 0.717) is 12.8 Å². The average molecular weight is 396 g/mol. The number of thiophene rings is 1. The first kappa shape index (κ1) is 17.9. The molecule has 5 nitrogen and oxygen atoms in total. The molecule has 6 heteroatoms. The molecular formula is C22H25N3O2S. The Morgan fingerprint density at radius 1 is 1.21 bits per heavy atom. The molecule has 2 bridgehead atoms. The molecule has 2 saturated heterocycles. The van der Waals surface area contributed by atoms with Crippen LogP contribution in [0.5, 0.6) is 0 Å². The molecule has 3 aliphatic rings. The Kier molecular flexibility index (Phi) is 4.30. The lowest BCUT2D eigenvalue weighted by molar-refractivity contribution is -0.0479. The van der Waals surface area contributed by atoms with Crippen molar-refractivity contribution in [1.82, 2.24) is 15.8 Å². The Bertz CT molecular complexity index is 909. The molecule has 2 aromatic rings. The number of benzene rings is 1. The van der Waals surface area contributed by atoms with Crippen LogP contribution in [0.15, 0.2) is 48.0 Å². The van der Waals surface area contributed by atoms with Crippen molar-refractivity contribution in [3.05, 3.63) is 64.0 Å². The van der Waals surface area contributed by atoms with Crippen molar-refractivity contribution in [3.63, 3.8) is 0 Å². The van der Waals surface area contributed by atoms with Crippen LogP contribution in [0.1, 0.15) is 53.4 Å². The van der Waals surface area contributed by atoms with Crippen molar-refractivity contribution in [2.24, 2.45) is 0 Å². The minimum absolute atomic E-state index is 0.104. The third-order valence-corrected chi connectivity index (χ3v) is 7.42. The summed E-state index contributed by atoms with van der Waals surface area (Å²) in [7, 11) is 0. The minimum Gasteiger partial charge on any atom is -0.385 e. The molecule has 146 valence electrons. The molecule has 1 amide bonds. The van der Waals surface area contributed by atoms with Gasteiger partial charge in [0.25, 0.3) is 5.91 Å². The van der Waals surface area contributed by atoms with Gasteiger partial charge in [-0.1, -0.05) is 30.3 Å². The van der Waals surface area contributed by atoms with Crippen molar-refractivity contribution < 1.29 is 9.90 Å². The van der Waals surface area contributed by atoms with Crippen LogP contribution in [-0.2, 0) is 5.60 Å². The van der Waals surface area contributed by atoms with Gasteiger partial charge in [-0.3, -0.25) is 4.79 Å². The quantitative estimate of drug-likeness (QED) is 0.747. The molecule has 0 spiro atoms. The van der Waals surface area contributed by atoms with Gasteiger partial charge in [0.1, 0.15) is 0 Å². The van der Waals surface area contributed by atoms with Crippen LogP contribution >= 0.6 is 11.3 Å². The summed E-state index contributed by atoms with van der Waals surface area (Å²) in [6.45, 7) is 2.10. The maximum atomic E-state index is 13.3. The zero-order valence-electron chi connectivity index (χ0n) is 15.9. The largest absolute Gasteiger partial charge is 0.385 e. The number of hydrogen-bond donors (Lipinski definition) is 3. The second kappa shape index (κ2) is 6.72. The van der Waals surface area contributed by atoms with Gasteiger partial charge >= 0.3 is 0 Å². The van der Waals surface area contributed by atoms with Crippen molar-refractivity contribution >= 4 is 22.8 Å². The summed E-state index contributed by atoms with van der Waals surface area (Å²) in [5.74, 6) is 0.109. The molecule has 28 heavy (non-hydrogen) atoms. The van der Waals surface area contributed by atoms with E-state index in [4.69, 9.17) is 0 Å². The van der Waals surface area contributed by atoms with Crippen molar-refractivity contribution in [1.29, 1.82) is 0 Å². The third-order valence-electron chi connectivity index (χ3n) is 6.44. The van der Waals surface area contributed by atoms with Gasteiger partial charge in [0, 0.05) is 47.0 Å². The number of fused-ring (bicyclic) bond motifs is 2. The van der Waals surface area contributed by atoms with Gasteiger partial charge in [0.2, 0.25) is 0 Å². The second-order valence-electron chi connectivity index (χ2n) is 8.21. The van der Waals surface area contributed by atoms with Crippen molar-refractivity contribution in [2.45, 2.75) is 56.3 Å². The number of hydrogen-bond acceptors (Lipinski definition) is 5. The Labute approximate surface area is 169 Å². The molecule has 5 rings (SSSR count). The lowest BCUT2D eigenvalue weighted by atomic mass is 9.80. The maximum Gasteiger partial charge on any atom is 0.255 e. The Hall–Kier alpha value is -2.15. The second-order valence-corrected chi connectivity index (χ2v) is 9.12. The molecule has 3 atom stereocenters. The average Bonchev–Trinajstić information content (AvgIpc) is 3.40. The molecular weight excluding hydrogens is 370 g/mol. The number of piperidine rings is 1. The highest BCUT2D eigenvalue weighted by molar-refractivity contribution is 7.11. The summed E-state index contributed by atoms with van der Waals surface area (Å²) in [6.07, 6.45) is 5.14. The van der Waals surface area contributed by atoms with Crippen LogP contribution in [-0.4, -0.2) is 34.0 Å². The predicted molar refractivity (Wildman–Crippen MR) is 111 cm³/mol. The van der Waals surface area contributed by atoms with Gasteiger partial charge in [-0.25, -0.2) is 5.43 Å². The molecule has 1 aromatic carbocycles. The molecule has 0 saturated carbocycles. The van der Waals surface area contributed by atoms with Crippen molar-refractivity contribution in [2.75, 3.05) is 0 Å². The SMILES string of the molecule is CC1NNC=C1c1cc(C(=O)N2C3CCC2CC(O)(c2ccccc2)C3)cs1. The van der Waals surface area contributed by atoms with E-state index in [-0.39, 0.29) is 24.0 Å². The lowest BCUT2D eigenvalue weighted by Crippen LogP contribution is -2.51. The third kappa shape index (κ3) is 2.87. The molecule has 1 aromatic heterocycles. The molecule has 0 aliphatic carbocycles. The van der Waals surface area contributed by atoms with Crippen molar-refractivity contribution in [3.8, 4) is 0 Å². The molecule has 2 fully saturated rings. The first-order chi connectivity index (χ1) is 13.5. The zero-order valence-corrected chi connectivity index (χ0v) is 16.7. The topological polar surface area (TPSA) is 64.6 Å². The maximum absolute atomic E-state index is 13.3. The fourth-order valence-corrected chi connectivity index (χ4v) is 6.01. The van der Waals surface area contributed by atoms with E-state index in [2.05, 4.69) is 17.8 Å². The molecule has 3 aliphatic heterocycles. The standard InChI is InChI=1S/C22H25N3O2S/c1-14-19(12-23-24-14)20-9-15(13-28-20)21(26)25-17-7-8-18(25)11-22(27,10-17)16-5-3-2-4-6-16/h2-6,9,12-14,17-18,23-24,27H,7-8,10-11H2,1H3. The van der Waals surface area contributed by atoms with E-state index in [1.165, 1.54) is 5.57 Å². The smallest absolute Gasteiger partial charge is 0.255 e. The molecule has 3 N–H and O–H groups in total. The van der Waals surface area contributed by atoms with E-state index in [1.807, 2.05) is 52.9 Å². The van der Waals surface area contributed by atoms with Gasteiger partial charge in [0.05, 0.1) is 17.2 Å². The van der Waals surface area contributed by atoms with Crippen LogP contribution in [0.25, 0.3) is 5.57 Å². The summed E-state index contributed by atoms with van der Waals surface area (Å²) in [5, 5.41) is 13.3. The number of nitrogens with one attached hydrogen (secondary N) is 2. The normalized spacial score (nSPS) is 31.6. The van der Waals surface area contributed by atoms with Crippen LogP contribution in [0.4, 0.5) is 0 Å². The molecule has 0 radical (unpaired) electrons. The van der Waals surface area contributed by atoms with E-state index >= 15 is 0 Å². The first-order valence-electron chi connectivity index (χ1n) is 9.96. The van der Waals surface area contributed by atoms with Gasteiger partial charge in [-0.05, 0) is 31.4 Å². The number of carbonyl (C=O) groups is 1. The number of nitrogens with zero attached hydrogens (tertiary/aromatic N) is 1. The van der Waals surface area contributed by atoms with Gasteiger partial charge < -0.3 is 15.4 Å². The number of hydrazine groups is 1. The number of rotatable bonds is 3. The zero-order chi connectivity index (χ0) is 19.3. The van der Waals surface area contributed by atoms with Crippen LogP contribution in [0.2, 0.25) is 0 Å². The predicted octanol–water partition coefficient (Wildman–Crippen LogP) is 3.24. The molecule has 3 unspecified atom stereocenters. The summed E-state index contributed by atoms with van der Waals surface area (Å²) in [4.78, 5) is 16.5. The Morgan fingerprint density at radius 3 is 2.57 bits per heavy atom. The van der Waals surface area contributed by atoms with E-state index in [1.54, 1.807) is 11.3 Å². The number of carbonyl (C=O) groups excluding carboxylic acids is 1. The van der Waals surface area contributed by atoms with E-state index < -0.39 is 5.60 Å². The Balaban J connectivity index is 1.37. The summed E-state index contributed by atoms with van der Waals surface area (Å²) in [5.41, 5.74) is 8.30. The Morgan fingerprint density at radius 2 is 1.93 bits per heavy atom. The fourth-order valence-electron chi connectivity index (χ4n) is 5.02. The highest BCUT2D eigenvalue weighted by atomic mass is 32.1. The van der Waals surface area contributed by atoms with Gasteiger partial charge in [-0.2, -0.15) is 0 Å². The van der Waals surface area contributed by atoms with Gasteiger partial charge in [0.15, 0.2) is 0 Å². The molecule has 4 heterocycles. The summed E-state index contributed by atoms with van der Waals surface area (Å²) in [6, 6.07) is 12.4. The van der Waals surface area contributed by atoms with Crippen LogP contribution in [0.3, 0.4) is 0 Å². The number of amides is 1. The fraction of sp³-hybridized carbons (Fsp3) is 0.409. The van der Waals surface area contributed by atoms with E-state index in [9.17, 15) is 9.90 Å². The van der Waals surface area contributed by atoms with E-state index in [0.717, 1.165) is 28.8 Å². The van der Waals surface area contributed by atoms with Crippen LogP contribution in [0, 0.1) is 0 Å². The van der Waals surface area contributed by atoms with Gasteiger partial charge in [-0.15, -0.1) is 11.3 Å². The lowest BCUT2D eigenvalue weighted by Gasteiger charge is -2.44. The minimum atomic E-state index is -0.828.